The highest BCUT2D eigenvalue weighted by molar-refractivity contribution is 5.94. The molecule has 0 unspecified atom stereocenters. The van der Waals surface area contributed by atoms with Crippen LogP contribution in [0.2, 0.25) is 0 Å². The number of nitriles is 1. The Morgan fingerprint density at radius 1 is 1.62 bits per heavy atom. The molecule has 1 fully saturated rings. The minimum Gasteiger partial charge on any atom is -0.352 e. The SMILES string of the molecule is CN(C[C@@H]1C[C@H](F)CN1c1ccncn1)C(=O)c1c[nH]c(C#N)c1. The molecule has 2 aromatic rings. The monoisotopic (exact) mass is 328 g/mol. The number of amides is 1. The first-order chi connectivity index (χ1) is 11.6. The quantitative estimate of drug-likeness (QED) is 0.915. The molecule has 0 radical (unpaired) electrons. The topological polar surface area (TPSA) is 88.9 Å². The fourth-order valence-corrected chi connectivity index (χ4v) is 2.97. The van der Waals surface area contributed by atoms with Gasteiger partial charge in [0.05, 0.1) is 18.2 Å². The van der Waals surface area contributed by atoms with Gasteiger partial charge in [-0.15, -0.1) is 0 Å². The number of aromatic nitrogens is 3. The maximum Gasteiger partial charge on any atom is 0.255 e. The Labute approximate surface area is 138 Å². The maximum atomic E-state index is 13.9. The molecule has 1 aliphatic rings. The summed E-state index contributed by atoms with van der Waals surface area (Å²) < 4.78 is 13.9. The van der Waals surface area contributed by atoms with Gasteiger partial charge in [0, 0.05) is 32.4 Å². The molecule has 2 atom stereocenters. The van der Waals surface area contributed by atoms with Crippen LogP contribution in [0.5, 0.6) is 0 Å². The number of aromatic amines is 1. The van der Waals surface area contributed by atoms with Crippen molar-refractivity contribution in [3.8, 4) is 6.07 Å². The summed E-state index contributed by atoms with van der Waals surface area (Å²) in [5, 5.41) is 8.82. The van der Waals surface area contributed by atoms with Gasteiger partial charge >= 0.3 is 0 Å². The van der Waals surface area contributed by atoms with E-state index in [0.29, 0.717) is 30.0 Å². The van der Waals surface area contributed by atoms with Gasteiger partial charge in [0.2, 0.25) is 0 Å². The number of nitrogens with one attached hydrogen (secondary N) is 1. The van der Waals surface area contributed by atoms with Crippen LogP contribution in [-0.2, 0) is 0 Å². The lowest BCUT2D eigenvalue weighted by molar-refractivity contribution is 0.0786. The molecule has 1 N–H and O–H groups in total. The third kappa shape index (κ3) is 3.20. The molecule has 0 saturated carbocycles. The Hall–Kier alpha value is -2.95. The van der Waals surface area contributed by atoms with Crippen LogP contribution in [0.4, 0.5) is 10.2 Å². The Bertz CT molecular complexity index is 755. The number of hydrogen-bond acceptors (Lipinski definition) is 5. The van der Waals surface area contributed by atoms with Crippen molar-refractivity contribution in [1.29, 1.82) is 5.26 Å². The van der Waals surface area contributed by atoms with E-state index in [1.165, 1.54) is 18.6 Å². The first kappa shape index (κ1) is 15.9. The predicted octanol–water partition coefficient (Wildman–Crippen LogP) is 1.37. The van der Waals surface area contributed by atoms with Crippen LogP contribution in [0.15, 0.2) is 30.9 Å². The third-order valence-electron chi connectivity index (χ3n) is 4.11. The van der Waals surface area contributed by atoms with Gasteiger partial charge in [-0.2, -0.15) is 5.26 Å². The van der Waals surface area contributed by atoms with Crippen LogP contribution in [0.1, 0.15) is 22.5 Å². The number of rotatable bonds is 4. The van der Waals surface area contributed by atoms with Crippen molar-refractivity contribution in [1.82, 2.24) is 19.9 Å². The second kappa shape index (κ2) is 6.66. The number of carbonyl (C=O) groups excluding carboxylic acids is 1. The summed E-state index contributed by atoms with van der Waals surface area (Å²) in [4.78, 5) is 26.6. The molecule has 3 heterocycles. The summed E-state index contributed by atoms with van der Waals surface area (Å²) in [5.41, 5.74) is 0.747. The number of carbonyl (C=O) groups is 1. The summed E-state index contributed by atoms with van der Waals surface area (Å²) in [6.07, 6.45) is 3.94. The highest BCUT2D eigenvalue weighted by atomic mass is 19.1. The van der Waals surface area contributed by atoms with Crippen LogP contribution >= 0.6 is 0 Å². The summed E-state index contributed by atoms with van der Waals surface area (Å²) in [7, 11) is 1.67. The van der Waals surface area contributed by atoms with Gasteiger partial charge in [-0.1, -0.05) is 0 Å². The average Bonchev–Trinajstić information content (AvgIpc) is 3.21. The lowest BCUT2D eigenvalue weighted by Gasteiger charge is -2.29. The highest BCUT2D eigenvalue weighted by Crippen LogP contribution is 2.26. The zero-order chi connectivity index (χ0) is 17.1. The van der Waals surface area contributed by atoms with Crippen LogP contribution in [0.25, 0.3) is 0 Å². The lowest BCUT2D eigenvalue weighted by atomic mass is 10.2. The van der Waals surface area contributed by atoms with E-state index >= 15 is 0 Å². The fourth-order valence-electron chi connectivity index (χ4n) is 2.97. The van der Waals surface area contributed by atoms with Gasteiger partial charge in [-0.25, -0.2) is 14.4 Å². The van der Waals surface area contributed by atoms with Gasteiger partial charge in [0.15, 0.2) is 0 Å². The van der Waals surface area contributed by atoms with E-state index in [4.69, 9.17) is 5.26 Å². The van der Waals surface area contributed by atoms with Crippen molar-refractivity contribution in [2.75, 3.05) is 25.0 Å². The maximum absolute atomic E-state index is 13.9. The highest BCUT2D eigenvalue weighted by Gasteiger charge is 2.34. The molecule has 0 aromatic carbocycles. The minimum atomic E-state index is -0.953. The molecule has 124 valence electrons. The van der Waals surface area contributed by atoms with Crippen molar-refractivity contribution >= 4 is 11.7 Å². The number of hydrogen-bond donors (Lipinski definition) is 1. The molecule has 8 heteroatoms. The molecule has 0 aliphatic carbocycles. The van der Waals surface area contributed by atoms with Crippen molar-refractivity contribution in [2.24, 2.45) is 0 Å². The van der Waals surface area contributed by atoms with E-state index in [1.54, 1.807) is 24.2 Å². The molecule has 0 bridgehead atoms. The largest absolute Gasteiger partial charge is 0.352 e. The standard InChI is InChI=1S/C16H17FN6O/c1-22(16(24)11-4-13(6-18)20-7-11)9-14-5-12(17)8-23(14)15-2-3-19-10-21-15/h2-4,7,10,12,14,20H,5,8-9H2,1H3/t12-,14-/m0/s1. The average molecular weight is 328 g/mol. The second-order valence-electron chi connectivity index (χ2n) is 5.81. The summed E-state index contributed by atoms with van der Waals surface area (Å²) in [5.74, 6) is 0.446. The number of likely N-dealkylation sites (N-methyl/N-ethyl adjacent to an activating group) is 1. The number of nitrogens with zero attached hydrogens (tertiary/aromatic N) is 5. The second-order valence-corrected chi connectivity index (χ2v) is 5.81. The predicted molar refractivity (Wildman–Crippen MR) is 85.1 cm³/mol. The Kier molecular flexibility index (Phi) is 4.42. The van der Waals surface area contributed by atoms with Gasteiger partial charge in [-0.05, 0) is 12.1 Å². The van der Waals surface area contributed by atoms with Crippen molar-refractivity contribution in [3.63, 3.8) is 0 Å². The number of H-pyrrole nitrogens is 1. The van der Waals surface area contributed by atoms with Crippen LogP contribution in [-0.4, -0.2) is 58.1 Å². The molecule has 1 amide bonds. The van der Waals surface area contributed by atoms with E-state index in [0.717, 1.165) is 0 Å². The number of anilines is 1. The zero-order valence-electron chi connectivity index (χ0n) is 13.2. The van der Waals surface area contributed by atoms with Crippen molar-refractivity contribution in [2.45, 2.75) is 18.6 Å². The molecule has 2 aromatic heterocycles. The smallest absolute Gasteiger partial charge is 0.255 e. The van der Waals surface area contributed by atoms with E-state index < -0.39 is 6.17 Å². The van der Waals surface area contributed by atoms with Crippen LogP contribution < -0.4 is 4.90 Å². The molecular formula is C16H17FN6O. The van der Waals surface area contributed by atoms with E-state index in [1.807, 2.05) is 11.0 Å². The van der Waals surface area contributed by atoms with Crippen molar-refractivity contribution in [3.05, 3.63) is 42.1 Å². The van der Waals surface area contributed by atoms with E-state index in [-0.39, 0.29) is 18.5 Å². The lowest BCUT2D eigenvalue weighted by Crippen LogP contribution is -2.41. The molecule has 24 heavy (non-hydrogen) atoms. The normalized spacial score (nSPS) is 20.0. The molecule has 1 saturated heterocycles. The zero-order valence-corrected chi connectivity index (χ0v) is 13.2. The molecule has 1 aliphatic heterocycles. The van der Waals surface area contributed by atoms with Crippen LogP contribution in [0.3, 0.4) is 0 Å². The Morgan fingerprint density at radius 2 is 2.46 bits per heavy atom. The first-order valence-corrected chi connectivity index (χ1v) is 7.59. The third-order valence-corrected chi connectivity index (χ3v) is 4.11. The van der Waals surface area contributed by atoms with Gasteiger partial charge < -0.3 is 14.8 Å². The summed E-state index contributed by atoms with van der Waals surface area (Å²) >= 11 is 0. The molecule has 7 nitrogen and oxygen atoms in total. The summed E-state index contributed by atoms with van der Waals surface area (Å²) in [6, 6.07) is 5.04. The molecule has 3 rings (SSSR count). The van der Waals surface area contributed by atoms with Gasteiger partial charge in [0.1, 0.15) is 30.1 Å². The molecular weight excluding hydrogens is 311 g/mol. The molecule has 0 spiro atoms. The number of alkyl halides is 1. The number of halogens is 1. The van der Waals surface area contributed by atoms with Gasteiger partial charge in [0.25, 0.3) is 5.91 Å². The minimum absolute atomic E-state index is 0.154. The van der Waals surface area contributed by atoms with E-state index in [2.05, 4.69) is 15.0 Å². The Balaban J connectivity index is 1.71. The van der Waals surface area contributed by atoms with Gasteiger partial charge in [-0.3, -0.25) is 4.79 Å². The first-order valence-electron chi connectivity index (χ1n) is 7.59. The Morgan fingerprint density at radius 3 is 3.12 bits per heavy atom. The van der Waals surface area contributed by atoms with Crippen molar-refractivity contribution < 1.29 is 9.18 Å². The van der Waals surface area contributed by atoms with E-state index in [9.17, 15) is 9.18 Å². The van der Waals surface area contributed by atoms with Crippen LogP contribution in [0, 0.1) is 11.3 Å². The fraction of sp³-hybridized carbons (Fsp3) is 0.375. The summed E-state index contributed by atoms with van der Waals surface area (Å²) in [6.45, 7) is 0.628.